The third-order valence-corrected chi connectivity index (χ3v) is 4.29. The van der Waals surface area contributed by atoms with Gasteiger partial charge in [0.15, 0.2) is 0 Å². The Morgan fingerprint density at radius 1 is 0.833 bits per heavy atom. The normalized spacial score (nSPS) is 11.7. The highest BCUT2D eigenvalue weighted by Gasteiger charge is 2.19. The molecule has 0 aromatic rings. The van der Waals surface area contributed by atoms with Gasteiger partial charge in [-0.3, -0.25) is 4.79 Å². The molecule has 0 saturated carbocycles. The number of quaternary nitrogens is 1. The molecule has 0 bridgehead atoms. The van der Waals surface area contributed by atoms with E-state index in [1.165, 1.54) is 56.3 Å². The molecule has 0 spiro atoms. The van der Waals surface area contributed by atoms with Gasteiger partial charge in [0.05, 0.1) is 26.2 Å². The molecule has 0 aromatic heterocycles. The summed E-state index contributed by atoms with van der Waals surface area (Å²) in [6.45, 7) is 11.9. The maximum absolute atomic E-state index is 10.3. The molecule has 0 atom stereocenters. The number of carbonyl (C=O) groups is 1. The van der Waals surface area contributed by atoms with Crippen molar-refractivity contribution in [3.05, 3.63) is 0 Å². The van der Waals surface area contributed by atoms with Crippen LogP contribution in [0.3, 0.4) is 0 Å². The highest BCUT2D eigenvalue weighted by Crippen LogP contribution is 2.12. The lowest BCUT2D eigenvalue weighted by molar-refractivity contribution is -0.923. The fourth-order valence-electron chi connectivity index (χ4n) is 2.58. The maximum atomic E-state index is 10.3. The van der Waals surface area contributed by atoms with Crippen LogP contribution in [0, 0.1) is 0 Å². The van der Waals surface area contributed by atoms with Crippen LogP contribution in [0.4, 0.5) is 0 Å². The molecule has 18 heavy (non-hydrogen) atoms. The molecule has 3 nitrogen and oxygen atoms in total. The van der Waals surface area contributed by atoms with Gasteiger partial charge in [0.25, 0.3) is 0 Å². The van der Waals surface area contributed by atoms with E-state index in [-0.39, 0.29) is 0 Å². The van der Waals surface area contributed by atoms with E-state index >= 15 is 0 Å². The summed E-state index contributed by atoms with van der Waals surface area (Å²) < 4.78 is 1.25. The molecule has 0 heterocycles. The van der Waals surface area contributed by atoms with Gasteiger partial charge in [0.2, 0.25) is 0 Å². The number of nitrogens with zero attached hydrogens (tertiary/aromatic N) is 1. The second-order valence-electron chi connectivity index (χ2n) is 5.28. The van der Waals surface area contributed by atoms with Crippen molar-refractivity contribution in [2.24, 2.45) is 0 Å². The summed E-state index contributed by atoms with van der Waals surface area (Å²) >= 11 is 0. The van der Waals surface area contributed by atoms with Gasteiger partial charge in [-0.2, -0.15) is 0 Å². The first kappa shape index (κ1) is 17.4. The second-order valence-corrected chi connectivity index (χ2v) is 5.28. The van der Waals surface area contributed by atoms with Crippen LogP contribution in [0.2, 0.25) is 0 Å². The van der Waals surface area contributed by atoms with Crippen LogP contribution in [0.1, 0.15) is 65.7 Å². The Kier molecular flexibility index (Phi) is 10.0. The zero-order valence-electron chi connectivity index (χ0n) is 12.6. The van der Waals surface area contributed by atoms with Crippen molar-refractivity contribution < 1.29 is 14.4 Å². The Morgan fingerprint density at radius 3 is 1.72 bits per heavy atom. The Hall–Kier alpha value is -0.570. The Morgan fingerprint density at radius 2 is 1.28 bits per heavy atom. The molecule has 1 N–H and O–H groups in total. The van der Waals surface area contributed by atoms with Crippen molar-refractivity contribution in [3.8, 4) is 0 Å². The summed E-state index contributed by atoms with van der Waals surface area (Å²) in [5.41, 5.74) is 0. The molecule has 0 rings (SSSR count). The SMILES string of the molecule is CC[N+](CC)(CC)CCCCCCCCC(=O)O. The molecular weight excluding hydrogens is 226 g/mol. The largest absolute Gasteiger partial charge is 0.481 e. The second kappa shape index (κ2) is 10.4. The maximum Gasteiger partial charge on any atom is 0.303 e. The fraction of sp³-hybridized carbons (Fsp3) is 0.933. The number of carboxylic acids is 1. The van der Waals surface area contributed by atoms with Crippen LogP contribution < -0.4 is 0 Å². The molecule has 0 aliphatic rings. The van der Waals surface area contributed by atoms with E-state index in [9.17, 15) is 4.79 Å². The number of hydrogen-bond acceptors (Lipinski definition) is 1. The average molecular weight is 258 g/mol. The number of aliphatic carboxylic acids is 1. The summed E-state index contributed by atoms with van der Waals surface area (Å²) in [7, 11) is 0. The van der Waals surface area contributed by atoms with E-state index in [4.69, 9.17) is 5.11 Å². The zero-order valence-corrected chi connectivity index (χ0v) is 12.6. The first-order valence-electron chi connectivity index (χ1n) is 7.67. The molecule has 0 radical (unpaired) electrons. The van der Waals surface area contributed by atoms with E-state index in [0.29, 0.717) is 6.42 Å². The minimum atomic E-state index is -0.661. The van der Waals surface area contributed by atoms with E-state index in [1.54, 1.807) is 0 Å². The smallest absolute Gasteiger partial charge is 0.303 e. The van der Waals surface area contributed by atoms with Gasteiger partial charge in [0.1, 0.15) is 0 Å². The van der Waals surface area contributed by atoms with E-state index in [2.05, 4.69) is 20.8 Å². The number of rotatable bonds is 12. The number of unbranched alkanes of at least 4 members (excludes halogenated alkanes) is 5. The Bertz CT molecular complexity index is 204. The van der Waals surface area contributed by atoms with Crippen LogP contribution in [-0.4, -0.2) is 41.7 Å². The van der Waals surface area contributed by atoms with Gasteiger partial charge < -0.3 is 9.59 Å². The van der Waals surface area contributed by atoms with Gasteiger partial charge in [-0.1, -0.05) is 19.3 Å². The molecule has 3 heteroatoms. The molecule has 0 unspecified atom stereocenters. The van der Waals surface area contributed by atoms with E-state index < -0.39 is 5.97 Å². The Balaban J connectivity index is 3.47. The minimum Gasteiger partial charge on any atom is -0.481 e. The van der Waals surface area contributed by atoms with Crippen LogP contribution >= 0.6 is 0 Å². The summed E-state index contributed by atoms with van der Waals surface area (Å²) in [6, 6.07) is 0. The van der Waals surface area contributed by atoms with Crippen molar-refractivity contribution in [1.29, 1.82) is 0 Å². The first-order chi connectivity index (χ1) is 8.60. The molecule has 0 amide bonds. The predicted octanol–water partition coefficient (Wildman–Crippen LogP) is 3.68. The first-order valence-corrected chi connectivity index (χ1v) is 7.67. The van der Waals surface area contributed by atoms with Gasteiger partial charge in [-0.15, -0.1) is 0 Å². The molecule has 0 fully saturated rings. The van der Waals surface area contributed by atoms with Crippen LogP contribution in [-0.2, 0) is 4.79 Å². The minimum absolute atomic E-state index is 0.335. The monoisotopic (exact) mass is 258 g/mol. The van der Waals surface area contributed by atoms with Crippen molar-refractivity contribution in [3.63, 3.8) is 0 Å². The van der Waals surface area contributed by atoms with Crippen LogP contribution in [0.5, 0.6) is 0 Å². The van der Waals surface area contributed by atoms with Crippen LogP contribution in [0.15, 0.2) is 0 Å². The summed E-state index contributed by atoms with van der Waals surface area (Å²) in [5, 5.41) is 8.52. The lowest BCUT2D eigenvalue weighted by Crippen LogP contribution is -2.48. The molecule has 108 valence electrons. The third kappa shape index (κ3) is 7.70. The lowest BCUT2D eigenvalue weighted by atomic mass is 10.1. The fourth-order valence-corrected chi connectivity index (χ4v) is 2.58. The number of hydrogen-bond donors (Lipinski definition) is 1. The van der Waals surface area contributed by atoms with E-state index in [1.807, 2.05) is 0 Å². The van der Waals surface area contributed by atoms with Crippen molar-refractivity contribution in [2.75, 3.05) is 26.2 Å². The highest BCUT2D eigenvalue weighted by molar-refractivity contribution is 5.66. The van der Waals surface area contributed by atoms with E-state index in [0.717, 1.165) is 12.8 Å². The average Bonchev–Trinajstić information content (AvgIpc) is 2.38. The van der Waals surface area contributed by atoms with Crippen molar-refractivity contribution >= 4 is 5.97 Å². The standard InChI is InChI=1S/C15H31NO2/c1-4-16(5-2,6-3)14-12-10-8-7-9-11-13-15(17)18/h4-14H2,1-3H3/p+1. The summed E-state index contributed by atoms with van der Waals surface area (Å²) in [4.78, 5) is 10.3. The Labute approximate surface area is 113 Å². The zero-order chi connectivity index (χ0) is 13.9. The molecule has 0 aliphatic carbocycles. The van der Waals surface area contributed by atoms with Gasteiger partial charge >= 0.3 is 5.97 Å². The lowest BCUT2D eigenvalue weighted by Gasteiger charge is -2.35. The molecular formula is C15H32NO2+. The molecule has 0 aromatic carbocycles. The predicted molar refractivity (Wildman–Crippen MR) is 76.7 cm³/mol. The third-order valence-electron chi connectivity index (χ3n) is 4.29. The number of carboxylic acid groups (broad SMARTS) is 1. The van der Waals surface area contributed by atoms with Crippen molar-refractivity contribution in [1.82, 2.24) is 0 Å². The highest BCUT2D eigenvalue weighted by atomic mass is 16.4. The van der Waals surface area contributed by atoms with Gasteiger partial charge in [-0.05, 0) is 40.0 Å². The topological polar surface area (TPSA) is 37.3 Å². The van der Waals surface area contributed by atoms with Gasteiger partial charge in [-0.25, -0.2) is 0 Å². The molecule has 0 aliphatic heterocycles. The molecule has 0 saturated heterocycles. The van der Waals surface area contributed by atoms with Gasteiger partial charge in [0, 0.05) is 6.42 Å². The van der Waals surface area contributed by atoms with Crippen molar-refractivity contribution in [2.45, 2.75) is 65.7 Å². The quantitative estimate of drug-likeness (QED) is 0.428. The summed E-state index contributed by atoms with van der Waals surface area (Å²) in [6.07, 6.45) is 7.31. The summed E-state index contributed by atoms with van der Waals surface area (Å²) in [5.74, 6) is -0.661. The van der Waals surface area contributed by atoms with Crippen LogP contribution in [0.25, 0.3) is 0 Å².